The van der Waals surface area contributed by atoms with Crippen LogP contribution in [-0.4, -0.2) is 36.2 Å². The zero-order chi connectivity index (χ0) is 20.7. The number of thiophene rings is 1. The molecule has 1 amide bonds. The van der Waals surface area contributed by atoms with Gasteiger partial charge in [-0.05, 0) is 25.5 Å². The van der Waals surface area contributed by atoms with Gasteiger partial charge in [0.15, 0.2) is 5.78 Å². The number of nitrogens with zero attached hydrogens (tertiary/aromatic N) is 1. The molecule has 0 aliphatic carbocycles. The van der Waals surface area contributed by atoms with Crippen molar-refractivity contribution in [3.8, 4) is 0 Å². The first-order chi connectivity index (χ1) is 13.3. The second-order valence-electron chi connectivity index (χ2n) is 6.93. The minimum Gasteiger partial charge on any atom is -0.469 e. The third-order valence-electron chi connectivity index (χ3n) is 4.57. The SMILES string of the molecule is COC(=O)C(C)CN(Cc1ccccc1)C(=O)CCC(=O)c1cc(C)sc1C. The van der Waals surface area contributed by atoms with E-state index in [1.807, 2.05) is 50.2 Å². The van der Waals surface area contributed by atoms with Gasteiger partial charge in [-0.3, -0.25) is 14.4 Å². The fraction of sp³-hybridized carbons (Fsp3) is 0.409. The summed E-state index contributed by atoms with van der Waals surface area (Å²) in [7, 11) is 1.34. The Bertz CT molecular complexity index is 828. The summed E-state index contributed by atoms with van der Waals surface area (Å²) >= 11 is 1.59. The van der Waals surface area contributed by atoms with Crippen molar-refractivity contribution in [1.82, 2.24) is 4.90 Å². The molecule has 0 bridgehead atoms. The molecule has 1 unspecified atom stereocenters. The number of benzene rings is 1. The van der Waals surface area contributed by atoms with Gasteiger partial charge in [0.2, 0.25) is 5.91 Å². The Morgan fingerprint density at radius 2 is 1.79 bits per heavy atom. The molecule has 1 aromatic heterocycles. The highest BCUT2D eigenvalue weighted by molar-refractivity contribution is 7.12. The summed E-state index contributed by atoms with van der Waals surface area (Å²) in [4.78, 5) is 40.9. The van der Waals surface area contributed by atoms with Gasteiger partial charge in [-0.1, -0.05) is 37.3 Å². The molecule has 0 spiro atoms. The lowest BCUT2D eigenvalue weighted by atomic mass is 10.1. The van der Waals surface area contributed by atoms with Crippen molar-refractivity contribution in [3.63, 3.8) is 0 Å². The molecular formula is C22H27NO4S. The fourth-order valence-corrected chi connectivity index (χ4v) is 4.03. The molecule has 0 saturated heterocycles. The maximum Gasteiger partial charge on any atom is 0.310 e. The molecule has 6 heteroatoms. The number of amides is 1. The van der Waals surface area contributed by atoms with E-state index in [1.54, 1.807) is 23.2 Å². The van der Waals surface area contributed by atoms with Crippen molar-refractivity contribution >= 4 is 29.0 Å². The maximum atomic E-state index is 12.8. The number of ether oxygens (including phenoxy) is 1. The lowest BCUT2D eigenvalue weighted by Crippen LogP contribution is -2.37. The smallest absolute Gasteiger partial charge is 0.310 e. The highest BCUT2D eigenvalue weighted by Gasteiger charge is 2.23. The largest absolute Gasteiger partial charge is 0.469 e. The number of rotatable bonds is 9. The standard InChI is InChI=1S/C22H27NO4S/c1-15(22(26)27-4)13-23(14-18-8-6-5-7-9-18)21(25)11-10-20(24)19-12-16(2)28-17(19)3/h5-9,12,15H,10-11,13-14H2,1-4H3. The number of carbonyl (C=O) groups is 3. The summed E-state index contributed by atoms with van der Waals surface area (Å²) in [5, 5.41) is 0. The highest BCUT2D eigenvalue weighted by Crippen LogP contribution is 2.22. The van der Waals surface area contributed by atoms with E-state index in [-0.39, 0.29) is 37.0 Å². The van der Waals surface area contributed by atoms with E-state index >= 15 is 0 Å². The van der Waals surface area contributed by atoms with Crippen molar-refractivity contribution in [2.24, 2.45) is 5.92 Å². The molecular weight excluding hydrogens is 374 g/mol. The summed E-state index contributed by atoms with van der Waals surface area (Å²) in [6, 6.07) is 11.5. The molecule has 1 atom stereocenters. The van der Waals surface area contributed by atoms with Gasteiger partial charge < -0.3 is 9.64 Å². The highest BCUT2D eigenvalue weighted by atomic mass is 32.1. The van der Waals surface area contributed by atoms with E-state index in [9.17, 15) is 14.4 Å². The van der Waals surface area contributed by atoms with Gasteiger partial charge in [-0.25, -0.2) is 0 Å². The minimum absolute atomic E-state index is 0.0177. The molecule has 0 aliphatic heterocycles. The summed E-state index contributed by atoms with van der Waals surface area (Å²) < 4.78 is 4.78. The Hall–Kier alpha value is -2.47. The number of esters is 1. The first-order valence-electron chi connectivity index (χ1n) is 9.31. The van der Waals surface area contributed by atoms with Crippen LogP contribution >= 0.6 is 11.3 Å². The molecule has 1 aromatic carbocycles. The predicted octanol–water partition coefficient (Wildman–Crippen LogP) is 4.17. The Kier molecular flexibility index (Phi) is 7.93. The van der Waals surface area contributed by atoms with E-state index in [2.05, 4.69) is 0 Å². The number of aryl methyl sites for hydroxylation is 2. The average Bonchev–Trinajstić information content (AvgIpc) is 3.03. The topological polar surface area (TPSA) is 63.7 Å². The van der Waals surface area contributed by atoms with Gasteiger partial charge in [0.05, 0.1) is 13.0 Å². The third-order valence-corrected chi connectivity index (χ3v) is 5.54. The summed E-state index contributed by atoms with van der Waals surface area (Å²) in [5.74, 6) is -0.949. The number of ketones is 1. The van der Waals surface area contributed by atoms with Crippen molar-refractivity contribution in [1.29, 1.82) is 0 Å². The maximum absolute atomic E-state index is 12.8. The van der Waals surface area contributed by atoms with E-state index in [0.717, 1.165) is 15.3 Å². The van der Waals surface area contributed by atoms with Crippen LogP contribution in [0.15, 0.2) is 36.4 Å². The lowest BCUT2D eigenvalue weighted by molar-refractivity contribution is -0.146. The molecule has 0 radical (unpaired) electrons. The van der Waals surface area contributed by atoms with Crippen LogP contribution in [-0.2, 0) is 20.9 Å². The number of hydrogen-bond acceptors (Lipinski definition) is 5. The third kappa shape index (κ3) is 6.02. The van der Waals surface area contributed by atoms with Crippen LogP contribution < -0.4 is 0 Å². The molecule has 0 aliphatic rings. The van der Waals surface area contributed by atoms with Crippen molar-refractivity contribution in [2.45, 2.75) is 40.2 Å². The average molecular weight is 402 g/mol. The molecule has 0 N–H and O–H groups in total. The van der Waals surface area contributed by atoms with Crippen molar-refractivity contribution in [2.75, 3.05) is 13.7 Å². The molecule has 0 saturated carbocycles. The van der Waals surface area contributed by atoms with Gasteiger partial charge in [0.1, 0.15) is 0 Å². The predicted molar refractivity (Wildman–Crippen MR) is 110 cm³/mol. The number of hydrogen-bond donors (Lipinski definition) is 0. The zero-order valence-corrected chi connectivity index (χ0v) is 17.7. The van der Waals surface area contributed by atoms with Crippen LogP contribution in [0.25, 0.3) is 0 Å². The van der Waals surface area contributed by atoms with Gasteiger partial charge in [0.25, 0.3) is 0 Å². The van der Waals surface area contributed by atoms with Crippen LogP contribution in [0, 0.1) is 19.8 Å². The van der Waals surface area contributed by atoms with E-state index in [0.29, 0.717) is 12.1 Å². The van der Waals surface area contributed by atoms with Crippen LogP contribution in [0.1, 0.15) is 45.4 Å². The van der Waals surface area contributed by atoms with Crippen LogP contribution in [0.2, 0.25) is 0 Å². The summed E-state index contributed by atoms with van der Waals surface area (Å²) in [5.41, 5.74) is 1.68. The number of carbonyl (C=O) groups excluding carboxylic acids is 3. The fourth-order valence-electron chi connectivity index (χ4n) is 3.09. The second kappa shape index (κ2) is 10.2. The molecule has 2 rings (SSSR count). The van der Waals surface area contributed by atoms with E-state index in [4.69, 9.17) is 4.74 Å². The Morgan fingerprint density at radius 3 is 2.36 bits per heavy atom. The van der Waals surface area contributed by atoms with Crippen LogP contribution in [0.3, 0.4) is 0 Å². The Morgan fingerprint density at radius 1 is 1.11 bits per heavy atom. The second-order valence-corrected chi connectivity index (χ2v) is 8.39. The van der Waals surface area contributed by atoms with Crippen molar-refractivity contribution < 1.29 is 19.1 Å². The minimum atomic E-state index is -0.435. The summed E-state index contributed by atoms with van der Waals surface area (Å²) in [6.45, 7) is 6.28. The van der Waals surface area contributed by atoms with E-state index in [1.165, 1.54) is 7.11 Å². The first kappa shape index (κ1) is 21.8. The molecule has 28 heavy (non-hydrogen) atoms. The van der Waals surface area contributed by atoms with Gasteiger partial charge in [-0.2, -0.15) is 0 Å². The van der Waals surface area contributed by atoms with Crippen LogP contribution in [0.4, 0.5) is 0 Å². The van der Waals surface area contributed by atoms with E-state index < -0.39 is 5.92 Å². The van der Waals surface area contributed by atoms with Crippen molar-refractivity contribution in [3.05, 3.63) is 57.3 Å². The molecule has 150 valence electrons. The summed E-state index contributed by atoms with van der Waals surface area (Å²) in [6.07, 6.45) is 0.279. The zero-order valence-electron chi connectivity index (χ0n) is 16.9. The number of methoxy groups -OCH3 is 1. The molecule has 5 nitrogen and oxygen atoms in total. The normalized spacial score (nSPS) is 11.7. The molecule has 1 heterocycles. The van der Waals surface area contributed by atoms with Gasteiger partial charge >= 0.3 is 5.97 Å². The quantitative estimate of drug-likeness (QED) is 0.467. The van der Waals surface area contributed by atoms with Gasteiger partial charge in [-0.15, -0.1) is 11.3 Å². The molecule has 0 fully saturated rings. The lowest BCUT2D eigenvalue weighted by Gasteiger charge is -2.25. The number of Topliss-reactive ketones (excluding diaryl/α,β-unsaturated/α-hetero) is 1. The Balaban J connectivity index is 2.05. The monoisotopic (exact) mass is 401 g/mol. The Labute approximate surface area is 170 Å². The molecule has 2 aromatic rings. The first-order valence-corrected chi connectivity index (χ1v) is 10.1. The van der Waals surface area contributed by atoms with Crippen LogP contribution in [0.5, 0.6) is 0 Å². The van der Waals surface area contributed by atoms with Gasteiger partial charge in [0, 0.05) is 41.2 Å².